The van der Waals surface area contributed by atoms with Gasteiger partial charge in [0, 0.05) is 11.6 Å². The van der Waals surface area contributed by atoms with Crippen molar-refractivity contribution in [1.29, 1.82) is 0 Å². The zero-order valence-corrected chi connectivity index (χ0v) is 10.9. The normalized spacial score (nSPS) is 23.4. The molecule has 1 N–H and O–H groups in total. The Kier molecular flexibility index (Phi) is 2.44. The Hall–Kier alpha value is -1.02. The average Bonchev–Trinajstić information content (AvgIpc) is 2.97. The fourth-order valence-electron chi connectivity index (χ4n) is 2.51. The molecule has 3 rings (SSSR count). The Balaban J connectivity index is 1.93. The van der Waals surface area contributed by atoms with Crippen LogP contribution in [0.1, 0.15) is 50.8 Å². The van der Waals surface area contributed by atoms with E-state index in [-0.39, 0.29) is 5.41 Å². The molecule has 1 aliphatic carbocycles. The van der Waals surface area contributed by atoms with Crippen LogP contribution in [0.4, 0.5) is 0 Å². The van der Waals surface area contributed by atoms with Crippen molar-refractivity contribution in [2.75, 3.05) is 6.61 Å². The molecule has 0 radical (unpaired) electrons. The van der Waals surface area contributed by atoms with Gasteiger partial charge in [0.2, 0.25) is 0 Å². The average molecular weight is 231 g/mol. The van der Waals surface area contributed by atoms with Crippen molar-refractivity contribution in [3.05, 3.63) is 29.3 Å². The molecule has 2 aliphatic rings. The summed E-state index contributed by atoms with van der Waals surface area (Å²) in [5, 5.41) is 3.66. The fraction of sp³-hybridized carbons (Fsp3) is 0.600. The van der Waals surface area contributed by atoms with E-state index in [0.717, 1.165) is 18.4 Å². The van der Waals surface area contributed by atoms with Crippen LogP contribution in [0.3, 0.4) is 0 Å². The largest absolute Gasteiger partial charge is 0.491 e. The molecule has 1 atom stereocenters. The number of fused-ring (bicyclic) bond motifs is 1. The van der Waals surface area contributed by atoms with Gasteiger partial charge < -0.3 is 10.1 Å². The zero-order valence-electron chi connectivity index (χ0n) is 10.9. The summed E-state index contributed by atoms with van der Waals surface area (Å²) in [6.45, 7) is 7.52. The van der Waals surface area contributed by atoms with Gasteiger partial charge in [-0.2, -0.15) is 0 Å². The monoisotopic (exact) mass is 231 g/mol. The topological polar surface area (TPSA) is 21.3 Å². The van der Waals surface area contributed by atoms with E-state index in [4.69, 9.17) is 4.74 Å². The first kappa shape index (κ1) is 11.1. The van der Waals surface area contributed by atoms with Gasteiger partial charge in [-0.1, -0.05) is 39.0 Å². The third-order valence-electron chi connectivity index (χ3n) is 3.64. The van der Waals surface area contributed by atoms with Gasteiger partial charge in [0.15, 0.2) is 0 Å². The van der Waals surface area contributed by atoms with Gasteiger partial charge in [0.25, 0.3) is 0 Å². The van der Waals surface area contributed by atoms with Crippen molar-refractivity contribution in [3.63, 3.8) is 0 Å². The molecule has 0 saturated heterocycles. The Labute approximate surface area is 103 Å². The van der Waals surface area contributed by atoms with E-state index >= 15 is 0 Å². The molecule has 0 aromatic heterocycles. The molecule has 1 unspecified atom stereocenters. The highest BCUT2D eigenvalue weighted by molar-refractivity contribution is 5.49. The Bertz CT molecular complexity index is 429. The molecule has 2 nitrogen and oxygen atoms in total. The maximum atomic E-state index is 5.93. The zero-order chi connectivity index (χ0) is 12.0. The summed E-state index contributed by atoms with van der Waals surface area (Å²) in [5.41, 5.74) is 2.83. The predicted molar refractivity (Wildman–Crippen MR) is 69.5 cm³/mol. The van der Waals surface area contributed by atoms with Crippen molar-refractivity contribution in [2.45, 2.75) is 51.1 Å². The molecular weight excluding hydrogens is 210 g/mol. The van der Waals surface area contributed by atoms with Crippen LogP contribution >= 0.6 is 0 Å². The van der Waals surface area contributed by atoms with E-state index in [1.165, 1.54) is 24.0 Å². The molecule has 1 aromatic carbocycles. The van der Waals surface area contributed by atoms with E-state index in [9.17, 15) is 0 Å². The number of hydrogen-bond donors (Lipinski definition) is 1. The van der Waals surface area contributed by atoms with Gasteiger partial charge in [-0.25, -0.2) is 0 Å². The van der Waals surface area contributed by atoms with Crippen molar-refractivity contribution in [1.82, 2.24) is 5.32 Å². The van der Waals surface area contributed by atoms with Crippen molar-refractivity contribution in [2.24, 2.45) is 0 Å². The molecule has 17 heavy (non-hydrogen) atoms. The molecule has 92 valence electrons. The van der Waals surface area contributed by atoms with Crippen LogP contribution < -0.4 is 10.1 Å². The van der Waals surface area contributed by atoms with Crippen molar-refractivity contribution >= 4 is 0 Å². The van der Waals surface area contributed by atoms with Crippen LogP contribution in [0.15, 0.2) is 18.2 Å². The number of nitrogens with one attached hydrogen (secondary N) is 1. The minimum absolute atomic E-state index is 0.153. The number of hydrogen-bond acceptors (Lipinski definition) is 2. The van der Waals surface area contributed by atoms with Crippen LogP contribution in [0.25, 0.3) is 0 Å². The molecule has 0 amide bonds. The maximum Gasteiger partial charge on any atom is 0.128 e. The van der Waals surface area contributed by atoms with Gasteiger partial charge in [-0.05, 0) is 23.8 Å². The summed E-state index contributed by atoms with van der Waals surface area (Å²) in [5.74, 6) is 1.12. The Morgan fingerprint density at radius 3 is 2.65 bits per heavy atom. The summed E-state index contributed by atoms with van der Waals surface area (Å²) < 4.78 is 5.93. The minimum Gasteiger partial charge on any atom is -0.491 e. The molecule has 0 spiro atoms. The van der Waals surface area contributed by atoms with Gasteiger partial charge in [-0.3, -0.25) is 0 Å². The molecule has 0 bridgehead atoms. The van der Waals surface area contributed by atoms with Gasteiger partial charge >= 0.3 is 0 Å². The van der Waals surface area contributed by atoms with Gasteiger partial charge in [-0.15, -0.1) is 0 Å². The second-order valence-corrected chi connectivity index (χ2v) is 6.28. The summed E-state index contributed by atoms with van der Waals surface area (Å²) in [6, 6.07) is 7.69. The maximum absolute atomic E-state index is 5.93. The Morgan fingerprint density at radius 1 is 1.24 bits per heavy atom. The SMILES string of the molecule is CC(C)(C)c1cccc2c1OCC2NC1CC1. The molecule has 1 saturated carbocycles. The van der Waals surface area contributed by atoms with E-state index in [1.54, 1.807) is 0 Å². The number of ether oxygens (including phenoxy) is 1. The van der Waals surface area contributed by atoms with E-state index in [0.29, 0.717) is 6.04 Å². The van der Waals surface area contributed by atoms with E-state index in [2.05, 4.69) is 44.3 Å². The lowest BCUT2D eigenvalue weighted by Crippen LogP contribution is -2.24. The van der Waals surface area contributed by atoms with Crippen LogP contribution in [0, 0.1) is 0 Å². The first-order valence-electron chi connectivity index (χ1n) is 6.58. The quantitative estimate of drug-likeness (QED) is 0.844. The number of benzene rings is 1. The van der Waals surface area contributed by atoms with Crippen molar-refractivity contribution < 1.29 is 4.74 Å². The third kappa shape index (κ3) is 2.06. The molecule has 1 aromatic rings. The molecule has 1 aliphatic heterocycles. The third-order valence-corrected chi connectivity index (χ3v) is 3.64. The van der Waals surface area contributed by atoms with Crippen LogP contribution in [-0.4, -0.2) is 12.6 Å². The smallest absolute Gasteiger partial charge is 0.128 e. The summed E-state index contributed by atoms with van der Waals surface area (Å²) in [4.78, 5) is 0. The van der Waals surface area contributed by atoms with Crippen LogP contribution in [0.5, 0.6) is 5.75 Å². The summed E-state index contributed by atoms with van der Waals surface area (Å²) in [6.07, 6.45) is 2.65. The molecular formula is C15H21NO. The lowest BCUT2D eigenvalue weighted by molar-refractivity contribution is 0.304. The molecule has 1 heterocycles. The predicted octanol–water partition coefficient (Wildman–Crippen LogP) is 3.17. The second kappa shape index (κ2) is 3.74. The van der Waals surface area contributed by atoms with Gasteiger partial charge in [0.05, 0.1) is 6.04 Å². The molecule has 2 heteroatoms. The second-order valence-electron chi connectivity index (χ2n) is 6.28. The van der Waals surface area contributed by atoms with Crippen LogP contribution in [-0.2, 0) is 5.41 Å². The van der Waals surface area contributed by atoms with E-state index < -0.39 is 0 Å². The van der Waals surface area contributed by atoms with Gasteiger partial charge in [0.1, 0.15) is 12.4 Å². The first-order chi connectivity index (χ1) is 8.05. The highest BCUT2D eigenvalue weighted by Crippen LogP contribution is 2.41. The summed E-state index contributed by atoms with van der Waals surface area (Å²) >= 11 is 0. The lowest BCUT2D eigenvalue weighted by atomic mass is 9.85. The fourth-order valence-corrected chi connectivity index (χ4v) is 2.51. The standard InChI is InChI=1S/C15H21NO/c1-15(2,3)12-6-4-5-11-13(9-17-14(11)12)16-10-7-8-10/h4-6,10,13,16H,7-9H2,1-3H3. The number of rotatable bonds is 2. The van der Waals surface area contributed by atoms with Crippen LogP contribution in [0.2, 0.25) is 0 Å². The highest BCUT2D eigenvalue weighted by Gasteiger charge is 2.33. The first-order valence-corrected chi connectivity index (χ1v) is 6.58. The van der Waals surface area contributed by atoms with Crippen molar-refractivity contribution in [3.8, 4) is 5.75 Å². The number of para-hydroxylation sites is 1. The Morgan fingerprint density at radius 2 is 2.00 bits per heavy atom. The molecule has 1 fully saturated rings. The van der Waals surface area contributed by atoms with E-state index in [1.807, 2.05) is 0 Å². The minimum atomic E-state index is 0.153. The lowest BCUT2D eigenvalue weighted by Gasteiger charge is -2.21. The highest BCUT2D eigenvalue weighted by atomic mass is 16.5. The summed E-state index contributed by atoms with van der Waals surface area (Å²) in [7, 11) is 0.